The molecule has 1 aromatic heterocycles. The molecule has 0 N–H and O–H groups in total. The minimum atomic E-state index is -0.131. The third-order valence-electron chi connectivity index (χ3n) is 6.39. The fourth-order valence-corrected chi connectivity index (χ4v) is 3.97. The van der Waals surface area contributed by atoms with Crippen LogP contribution in [0.3, 0.4) is 0 Å². The van der Waals surface area contributed by atoms with E-state index in [0.29, 0.717) is 18.3 Å². The maximum absolute atomic E-state index is 6.05. The third kappa shape index (κ3) is 6.69. The zero-order chi connectivity index (χ0) is 24.6. The second-order valence-electron chi connectivity index (χ2n) is 9.49. The Balaban J connectivity index is 1.61. The van der Waals surface area contributed by atoms with Gasteiger partial charge in [-0.2, -0.15) is 0 Å². The fourth-order valence-electron chi connectivity index (χ4n) is 3.97. The van der Waals surface area contributed by atoms with E-state index in [4.69, 9.17) is 9.47 Å². The van der Waals surface area contributed by atoms with Gasteiger partial charge in [-0.05, 0) is 66.3 Å². The molecule has 1 heterocycles. The number of aromatic nitrogens is 2. The minimum Gasteiger partial charge on any atom is -0.493 e. The molecule has 0 saturated heterocycles. The topological polar surface area (TPSA) is 44.2 Å². The molecule has 1 unspecified atom stereocenters. The highest BCUT2D eigenvalue weighted by Crippen LogP contribution is 2.33. The molecule has 0 saturated carbocycles. The van der Waals surface area contributed by atoms with Gasteiger partial charge in [0, 0.05) is 11.6 Å². The first-order valence-corrected chi connectivity index (χ1v) is 12.3. The monoisotopic (exact) mass is 458 g/mol. The van der Waals surface area contributed by atoms with Gasteiger partial charge < -0.3 is 9.47 Å². The van der Waals surface area contributed by atoms with E-state index in [0.717, 1.165) is 35.8 Å². The molecule has 4 heteroatoms. The highest BCUT2D eigenvalue weighted by atomic mass is 16.5. The number of rotatable bonds is 12. The van der Waals surface area contributed by atoms with Crippen molar-refractivity contribution in [2.45, 2.75) is 65.9 Å². The minimum absolute atomic E-state index is 0.131. The van der Waals surface area contributed by atoms with Crippen LogP contribution in [0.1, 0.15) is 76.5 Å². The summed E-state index contributed by atoms with van der Waals surface area (Å²) in [4.78, 5) is 8.70. The van der Waals surface area contributed by atoms with Gasteiger partial charge in [0.1, 0.15) is 18.1 Å². The lowest BCUT2D eigenvalue weighted by molar-refractivity contribution is 0.235. The van der Waals surface area contributed by atoms with E-state index in [-0.39, 0.29) is 5.41 Å². The Morgan fingerprint density at radius 1 is 0.912 bits per heavy atom. The van der Waals surface area contributed by atoms with Gasteiger partial charge in [-0.15, -0.1) is 0 Å². The lowest BCUT2D eigenvalue weighted by atomic mass is 9.78. The second-order valence-corrected chi connectivity index (χ2v) is 9.49. The predicted octanol–water partition coefficient (Wildman–Crippen LogP) is 7.62. The zero-order valence-corrected chi connectivity index (χ0v) is 21.3. The van der Waals surface area contributed by atoms with E-state index < -0.39 is 0 Å². The SMILES string of the molecule is C=C(C)c1nccc(COc2ccc(C(C)(C)c3ccc(OCC(CC)CCC)cc3)cc2)n1. The Kier molecular flexibility index (Phi) is 8.86. The summed E-state index contributed by atoms with van der Waals surface area (Å²) in [6, 6.07) is 18.7. The van der Waals surface area contributed by atoms with Crippen LogP contribution in [0.4, 0.5) is 0 Å². The van der Waals surface area contributed by atoms with E-state index >= 15 is 0 Å². The van der Waals surface area contributed by atoms with Crippen molar-refractivity contribution < 1.29 is 9.47 Å². The van der Waals surface area contributed by atoms with Crippen LogP contribution < -0.4 is 9.47 Å². The molecule has 1 atom stereocenters. The van der Waals surface area contributed by atoms with Crippen LogP contribution >= 0.6 is 0 Å². The molecule has 0 radical (unpaired) electrons. The average Bonchev–Trinajstić information content (AvgIpc) is 2.86. The molecule has 180 valence electrons. The Labute approximate surface area is 205 Å². The van der Waals surface area contributed by atoms with Gasteiger partial charge in [-0.3, -0.25) is 0 Å². The molecule has 0 fully saturated rings. The van der Waals surface area contributed by atoms with Crippen LogP contribution in [0.15, 0.2) is 67.4 Å². The lowest BCUT2D eigenvalue weighted by Gasteiger charge is -2.26. The summed E-state index contributed by atoms with van der Waals surface area (Å²) in [7, 11) is 0. The normalized spacial score (nSPS) is 12.3. The van der Waals surface area contributed by atoms with Gasteiger partial charge >= 0.3 is 0 Å². The van der Waals surface area contributed by atoms with Crippen LogP contribution in [0.5, 0.6) is 11.5 Å². The maximum Gasteiger partial charge on any atom is 0.154 e. The Morgan fingerprint density at radius 2 is 1.50 bits per heavy atom. The van der Waals surface area contributed by atoms with Gasteiger partial charge in [0.05, 0.1) is 12.3 Å². The van der Waals surface area contributed by atoms with Crippen LogP contribution in [-0.4, -0.2) is 16.6 Å². The molecule has 0 bridgehead atoms. The zero-order valence-electron chi connectivity index (χ0n) is 21.3. The van der Waals surface area contributed by atoms with Crippen molar-refractivity contribution in [1.82, 2.24) is 9.97 Å². The van der Waals surface area contributed by atoms with Gasteiger partial charge in [-0.25, -0.2) is 9.97 Å². The molecule has 3 aromatic rings. The lowest BCUT2D eigenvalue weighted by Crippen LogP contribution is -2.18. The summed E-state index contributed by atoms with van der Waals surface area (Å²) in [6.07, 6.45) is 5.32. The van der Waals surface area contributed by atoms with E-state index in [1.807, 2.05) is 25.1 Å². The van der Waals surface area contributed by atoms with Crippen molar-refractivity contribution in [1.29, 1.82) is 0 Å². The molecule has 34 heavy (non-hydrogen) atoms. The molecular weight excluding hydrogens is 420 g/mol. The molecular formula is C30H38N2O2. The van der Waals surface area contributed by atoms with Crippen LogP contribution in [-0.2, 0) is 12.0 Å². The predicted molar refractivity (Wildman–Crippen MR) is 140 cm³/mol. The van der Waals surface area contributed by atoms with Crippen molar-refractivity contribution >= 4 is 5.57 Å². The summed E-state index contributed by atoms with van der Waals surface area (Å²) in [5.41, 5.74) is 4.03. The fraction of sp³-hybridized carbons (Fsp3) is 0.400. The smallest absolute Gasteiger partial charge is 0.154 e. The molecule has 2 aromatic carbocycles. The summed E-state index contributed by atoms with van der Waals surface area (Å²) >= 11 is 0. The highest BCUT2D eigenvalue weighted by molar-refractivity contribution is 5.53. The standard InChI is InChI=1S/C30H38N2O2/c1-7-9-23(8-2)20-33-27-14-10-24(11-15-27)30(5,6)25-12-16-28(17-13-25)34-21-26-18-19-31-29(32-26)22(3)4/h10-19,23H,3,7-9,20-21H2,1-2,4-6H3. The number of ether oxygens (including phenoxy) is 2. The van der Waals surface area contributed by atoms with Crippen molar-refractivity contribution in [2.24, 2.45) is 5.92 Å². The largest absolute Gasteiger partial charge is 0.493 e. The molecule has 0 spiro atoms. The molecule has 0 aliphatic heterocycles. The molecule has 0 amide bonds. The van der Waals surface area contributed by atoms with Gasteiger partial charge in [0.25, 0.3) is 0 Å². The van der Waals surface area contributed by atoms with Crippen LogP contribution in [0.2, 0.25) is 0 Å². The first-order chi connectivity index (χ1) is 16.3. The van der Waals surface area contributed by atoms with Crippen LogP contribution in [0.25, 0.3) is 5.57 Å². The van der Waals surface area contributed by atoms with Crippen molar-refractivity contribution in [2.75, 3.05) is 6.61 Å². The number of nitrogens with zero attached hydrogens (tertiary/aromatic N) is 2. The maximum atomic E-state index is 6.05. The quantitative estimate of drug-likeness (QED) is 0.280. The number of hydrogen-bond donors (Lipinski definition) is 0. The Hall–Kier alpha value is -3.14. The van der Waals surface area contributed by atoms with Gasteiger partial charge in [-0.1, -0.05) is 71.4 Å². The van der Waals surface area contributed by atoms with Crippen molar-refractivity contribution in [3.8, 4) is 11.5 Å². The van der Waals surface area contributed by atoms with Crippen molar-refractivity contribution in [3.05, 3.63) is 90.0 Å². The van der Waals surface area contributed by atoms with E-state index in [1.165, 1.54) is 24.0 Å². The number of allylic oxidation sites excluding steroid dienone is 1. The first-order valence-electron chi connectivity index (χ1n) is 12.3. The first kappa shape index (κ1) is 25.5. The Morgan fingerprint density at radius 3 is 2.03 bits per heavy atom. The van der Waals surface area contributed by atoms with E-state index in [9.17, 15) is 0 Å². The summed E-state index contributed by atoms with van der Waals surface area (Å²) in [5.74, 6) is 3.04. The van der Waals surface area contributed by atoms with Crippen molar-refractivity contribution in [3.63, 3.8) is 0 Å². The third-order valence-corrected chi connectivity index (χ3v) is 6.39. The van der Waals surface area contributed by atoms with Crippen LogP contribution in [0, 0.1) is 5.92 Å². The summed E-state index contributed by atoms with van der Waals surface area (Å²) in [5, 5.41) is 0. The molecule has 0 aliphatic rings. The average molecular weight is 459 g/mol. The molecule has 4 nitrogen and oxygen atoms in total. The van der Waals surface area contributed by atoms with E-state index in [2.05, 4.69) is 80.6 Å². The van der Waals surface area contributed by atoms with Gasteiger partial charge in [0.2, 0.25) is 0 Å². The Bertz CT molecular complexity index is 1060. The van der Waals surface area contributed by atoms with Gasteiger partial charge in [0.15, 0.2) is 5.82 Å². The van der Waals surface area contributed by atoms with E-state index in [1.54, 1.807) is 6.20 Å². The highest BCUT2D eigenvalue weighted by Gasteiger charge is 2.23. The number of hydrogen-bond acceptors (Lipinski definition) is 4. The summed E-state index contributed by atoms with van der Waals surface area (Å²) < 4.78 is 12.0. The summed E-state index contributed by atoms with van der Waals surface area (Å²) in [6.45, 7) is 15.9. The molecule has 0 aliphatic carbocycles. The number of benzene rings is 2. The molecule has 3 rings (SSSR count). The second kappa shape index (κ2) is 11.8.